The highest BCUT2D eigenvalue weighted by molar-refractivity contribution is 7.07. The van der Waals surface area contributed by atoms with Gasteiger partial charge in [0.2, 0.25) is 0 Å². The van der Waals surface area contributed by atoms with Crippen LogP contribution in [0.25, 0.3) is 11.5 Å². The third-order valence-electron chi connectivity index (χ3n) is 4.76. The number of hydrogen-bond acceptors (Lipinski definition) is 4. The fourth-order valence-electron chi connectivity index (χ4n) is 3.39. The molecule has 0 spiro atoms. The molecule has 0 radical (unpaired) electrons. The normalized spacial score (nSPS) is 18.1. The molecule has 2 aromatic heterocycles. The molecule has 1 atom stereocenters. The summed E-state index contributed by atoms with van der Waals surface area (Å²) in [5.41, 5.74) is 3.37. The highest BCUT2D eigenvalue weighted by Gasteiger charge is 2.20. The van der Waals surface area contributed by atoms with Crippen molar-refractivity contribution in [1.82, 2.24) is 4.57 Å². The first-order valence-corrected chi connectivity index (χ1v) is 10.1. The summed E-state index contributed by atoms with van der Waals surface area (Å²) in [6.45, 7) is 6.07. The van der Waals surface area contributed by atoms with E-state index in [4.69, 9.17) is 14.1 Å². The van der Waals surface area contributed by atoms with Crippen LogP contribution in [-0.2, 0) is 11.3 Å². The Labute approximate surface area is 157 Å². The van der Waals surface area contributed by atoms with Gasteiger partial charge >= 0.3 is 0 Å². The lowest BCUT2D eigenvalue weighted by molar-refractivity contribution is 0.0967. The maximum Gasteiger partial charge on any atom is 0.190 e. The topological polar surface area (TPSA) is 39.7 Å². The van der Waals surface area contributed by atoms with Gasteiger partial charge < -0.3 is 13.7 Å². The van der Waals surface area contributed by atoms with Gasteiger partial charge in [-0.05, 0) is 42.5 Å². The van der Waals surface area contributed by atoms with E-state index in [9.17, 15) is 0 Å². The first-order chi connectivity index (χ1) is 12.7. The lowest BCUT2D eigenvalue weighted by atomic mass is 10.0. The zero-order valence-corrected chi connectivity index (χ0v) is 16.0. The van der Waals surface area contributed by atoms with Crippen molar-refractivity contribution in [2.75, 3.05) is 6.61 Å². The highest BCUT2D eigenvalue weighted by atomic mass is 32.1. The quantitative estimate of drug-likeness (QED) is 0.609. The Hall–Kier alpha value is -2.11. The van der Waals surface area contributed by atoms with E-state index in [0.29, 0.717) is 5.92 Å². The van der Waals surface area contributed by atoms with Gasteiger partial charge in [-0.1, -0.05) is 32.0 Å². The van der Waals surface area contributed by atoms with Crippen LogP contribution in [0.3, 0.4) is 0 Å². The number of aromatic nitrogens is 1. The van der Waals surface area contributed by atoms with Gasteiger partial charge in [0, 0.05) is 12.0 Å². The Balaban J connectivity index is 1.81. The fourth-order valence-corrected chi connectivity index (χ4v) is 4.30. The lowest BCUT2D eigenvalue weighted by Gasteiger charge is -2.13. The van der Waals surface area contributed by atoms with Crippen molar-refractivity contribution in [1.29, 1.82) is 0 Å². The van der Waals surface area contributed by atoms with Crippen molar-refractivity contribution in [3.63, 3.8) is 0 Å². The van der Waals surface area contributed by atoms with Gasteiger partial charge in [0.25, 0.3) is 0 Å². The maximum atomic E-state index is 5.88. The summed E-state index contributed by atoms with van der Waals surface area (Å²) in [5, 5.41) is 2.13. The summed E-state index contributed by atoms with van der Waals surface area (Å²) in [7, 11) is 0. The Morgan fingerprint density at radius 1 is 1.23 bits per heavy atom. The molecule has 1 aromatic carbocycles. The Morgan fingerprint density at radius 2 is 2.12 bits per heavy atom. The van der Waals surface area contributed by atoms with Crippen molar-refractivity contribution in [3.05, 3.63) is 58.4 Å². The summed E-state index contributed by atoms with van der Waals surface area (Å²) in [5.74, 6) is 1.31. The minimum atomic E-state index is 0.248. The van der Waals surface area contributed by atoms with Crippen molar-refractivity contribution >= 4 is 17.0 Å². The molecule has 0 saturated carbocycles. The van der Waals surface area contributed by atoms with Gasteiger partial charge in [-0.15, -0.1) is 11.3 Å². The molecule has 0 bridgehead atoms. The van der Waals surface area contributed by atoms with E-state index in [-0.39, 0.29) is 6.10 Å². The van der Waals surface area contributed by atoms with Crippen LogP contribution >= 0.6 is 11.3 Å². The second kappa shape index (κ2) is 7.64. The van der Waals surface area contributed by atoms with E-state index in [2.05, 4.69) is 48.1 Å². The minimum Gasteiger partial charge on any atom is -0.463 e. The first-order valence-electron chi connectivity index (χ1n) is 9.20. The Bertz CT molecular complexity index is 916. The van der Waals surface area contributed by atoms with Crippen LogP contribution in [0.15, 0.2) is 57.5 Å². The van der Waals surface area contributed by atoms with Crippen LogP contribution in [0.4, 0.5) is 5.69 Å². The standard InChI is InChI=1S/C21H24N2O2S/c1-15(2)17-8-3-4-9-18(17)22-21-23(13-16-7-5-11-24-16)19(14-26-21)20-10-6-12-25-20/h3-4,6,8-10,12,14-16H,5,7,11,13H2,1-2H3. The molecule has 136 valence electrons. The van der Waals surface area contributed by atoms with Gasteiger partial charge in [0.05, 0.1) is 30.3 Å². The van der Waals surface area contributed by atoms with E-state index in [1.54, 1.807) is 17.6 Å². The van der Waals surface area contributed by atoms with Crippen LogP contribution in [0.5, 0.6) is 0 Å². The SMILES string of the molecule is CC(C)c1ccccc1N=c1scc(-c2ccco2)n1CC1CCCO1. The molecule has 1 fully saturated rings. The molecule has 1 saturated heterocycles. The summed E-state index contributed by atoms with van der Waals surface area (Å²) in [6.07, 6.45) is 4.20. The molecule has 4 nitrogen and oxygen atoms in total. The van der Waals surface area contributed by atoms with Crippen molar-refractivity contribution in [3.8, 4) is 11.5 Å². The summed E-state index contributed by atoms with van der Waals surface area (Å²) >= 11 is 1.65. The van der Waals surface area contributed by atoms with Gasteiger partial charge in [-0.3, -0.25) is 0 Å². The number of para-hydroxylation sites is 1. The summed E-state index contributed by atoms with van der Waals surface area (Å²) in [4.78, 5) is 6.01. The number of benzene rings is 1. The largest absolute Gasteiger partial charge is 0.463 e. The van der Waals surface area contributed by atoms with Crippen LogP contribution in [0, 0.1) is 0 Å². The van der Waals surface area contributed by atoms with Crippen molar-refractivity contribution in [2.45, 2.75) is 45.3 Å². The average Bonchev–Trinajstić information content (AvgIpc) is 3.38. The molecule has 4 rings (SSSR count). The van der Waals surface area contributed by atoms with E-state index >= 15 is 0 Å². The van der Waals surface area contributed by atoms with E-state index in [0.717, 1.165) is 47.9 Å². The smallest absolute Gasteiger partial charge is 0.190 e. The molecule has 26 heavy (non-hydrogen) atoms. The van der Waals surface area contributed by atoms with Crippen LogP contribution in [0.1, 0.15) is 38.2 Å². The predicted octanol–water partition coefficient (Wildman–Crippen LogP) is 5.34. The number of nitrogens with zero attached hydrogens (tertiary/aromatic N) is 2. The third-order valence-corrected chi connectivity index (χ3v) is 5.62. The maximum absolute atomic E-state index is 5.88. The molecule has 0 aliphatic carbocycles. The molecule has 0 N–H and O–H groups in total. The number of rotatable bonds is 5. The first kappa shape index (κ1) is 17.3. The highest BCUT2D eigenvalue weighted by Crippen LogP contribution is 2.27. The Kier molecular flexibility index (Phi) is 5.09. The van der Waals surface area contributed by atoms with Crippen molar-refractivity contribution < 1.29 is 9.15 Å². The molecule has 1 aliphatic heterocycles. The number of furan rings is 1. The van der Waals surface area contributed by atoms with Gasteiger partial charge in [0.15, 0.2) is 10.6 Å². The number of thiazole rings is 1. The molecule has 3 heterocycles. The van der Waals surface area contributed by atoms with Crippen LogP contribution < -0.4 is 4.80 Å². The van der Waals surface area contributed by atoms with E-state index in [1.165, 1.54) is 5.56 Å². The van der Waals surface area contributed by atoms with Crippen molar-refractivity contribution in [2.24, 2.45) is 4.99 Å². The Morgan fingerprint density at radius 3 is 2.85 bits per heavy atom. The zero-order chi connectivity index (χ0) is 17.9. The lowest BCUT2D eigenvalue weighted by Crippen LogP contribution is -2.24. The molecular weight excluding hydrogens is 344 g/mol. The van der Waals surface area contributed by atoms with Crippen LogP contribution in [0.2, 0.25) is 0 Å². The molecule has 0 amide bonds. The molecule has 1 unspecified atom stereocenters. The number of hydrogen-bond donors (Lipinski definition) is 0. The average molecular weight is 369 g/mol. The van der Waals surface area contributed by atoms with Crippen LogP contribution in [-0.4, -0.2) is 17.3 Å². The summed E-state index contributed by atoms with van der Waals surface area (Å²) in [6, 6.07) is 12.3. The number of ether oxygens (including phenoxy) is 1. The molecule has 1 aliphatic rings. The van der Waals surface area contributed by atoms with E-state index in [1.807, 2.05) is 12.1 Å². The third kappa shape index (κ3) is 3.55. The monoisotopic (exact) mass is 368 g/mol. The zero-order valence-electron chi connectivity index (χ0n) is 15.2. The van der Waals surface area contributed by atoms with E-state index < -0.39 is 0 Å². The second-order valence-corrected chi connectivity index (χ2v) is 7.79. The fraction of sp³-hybridized carbons (Fsp3) is 0.381. The molecular formula is C21H24N2O2S. The van der Waals surface area contributed by atoms with Gasteiger partial charge in [0.1, 0.15) is 0 Å². The molecule has 5 heteroatoms. The summed E-state index contributed by atoms with van der Waals surface area (Å²) < 4.78 is 13.8. The molecule has 3 aromatic rings. The van der Waals surface area contributed by atoms with Gasteiger partial charge in [-0.25, -0.2) is 4.99 Å². The van der Waals surface area contributed by atoms with Gasteiger partial charge in [-0.2, -0.15) is 0 Å². The second-order valence-electron chi connectivity index (χ2n) is 6.95. The predicted molar refractivity (Wildman–Crippen MR) is 105 cm³/mol. The minimum absolute atomic E-state index is 0.248.